The molecule has 10 heteroatoms. The number of nitrogens with one attached hydrogen (secondary N) is 1. The molecule has 0 radical (unpaired) electrons. The van der Waals surface area contributed by atoms with E-state index in [4.69, 9.17) is 5.11 Å². The van der Waals surface area contributed by atoms with Crippen molar-refractivity contribution < 1.29 is 19.6 Å². The third-order valence-electron chi connectivity index (χ3n) is 3.41. The fourth-order valence-electron chi connectivity index (χ4n) is 1.84. The molecule has 1 aromatic heterocycles. The highest BCUT2D eigenvalue weighted by molar-refractivity contribution is 7.00. The second kappa shape index (κ2) is 6.24. The standard InChI is InChI=1S/C13H14N4O5S/c1-13(2,12(19)20)3-4-14-11(18)7-5-8-10(16-23-15-8)9(6-7)17(21)22/h5-6H,3-4H2,1-2H3,(H,14,18)(H,19,20). The second-order valence-corrected chi connectivity index (χ2v) is 6.11. The first-order valence-electron chi connectivity index (χ1n) is 6.64. The Morgan fingerprint density at radius 2 is 2.09 bits per heavy atom. The summed E-state index contributed by atoms with van der Waals surface area (Å²) in [5.74, 6) is -1.48. The van der Waals surface area contributed by atoms with Crippen molar-refractivity contribution in [2.45, 2.75) is 20.3 Å². The van der Waals surface area contributed by atoms with Gasteiger partial charge in [0.25, 0.3) is 11.6 Å². The first-order valence-corrected chi connectivity index (χ1v) is 7.38. The Bertz CT molecular complexity index is 786. The molecule has 0 saturated carbocycles. The maximum absolute atomic E-state index is 12.1. The van der Waals surface area contributed by atoms with E-state index in [0.29, 0.717) is 0 Å². The second-order valence-electron chi connectivity index (χ2n) is 5.58. The van der Waals surface area contributed by atoms with Gasteiger partial charge in [-0.15, -0.1) is 0 Å². The summed E-state index contributed by atoms with van der Waals surface area (Å²) < 4.78 is 7.76. The third kappa shape index (κ3) is 3.59. The number of hydrogen-bond acceptors (Lipinski definition) is 7. The predicted octanol–water partition coefficient (Wildman–Crippen LogP) is 1.83. The zero-order valence-corrected chi connectivity index (χ0v) is 13.2. The van der Waals surface area contributed by atoms with E-state index in [0.717, 1.165) is 17.8 Å². The molecule has 2 rings (SSSR count). The average molecular weight is 338 g/mol. The topological polar surface area (TPSA) is 135 Å². The molecule has 0 aliphatic heterocycles. The Labute approximate surface area is 134 Å². The van der Waals surface area contributed by atoms with Gasteiger partial charge >= 0.3 is 5.97 Å². The summed E-state index contributed by atoms with van der Waals surface area (Å²) in [6, 6.07) is 2.56. The van der Waals surface area contributed by atoms with Crippen LogP contribution in [0.4, 0.5) is 5.69 Å². The number of hydrogen-bond donors (Lipinski definition) is 2. The number of non-ortho nitro benzene ring substituents is 1. The largest absolute Gasteiger partial charge is 0.481 e. The van der Waals surface area contributed by atoms with Crippen LogP contribution in [0.1, 0.15) is 30.6 Å². The van der Waals surface area contributed by atoms with Crippen molar-refractivity contribution in [1.82, 2.24) is 14.1 Å². The number of rotatable bonds is 6. The number of benzene rings is 1. The van der Waals surface area contributed by atoms with Gasteiger partial charge in [-0.05, 0) is 26.3 Å². The van der Waals surface area contributed by atoms with E-state index in [1.807, 2.05) is 0 Å². The number of nitrogens with zero attached hydrogens (tertiary/aromatic N) is 3. The molecule has 0 fully saturated rings. The van der Waals surface area contributed by atoms with Crippen molar-refractivity contribution >= 4 is 40.3 Å². The number of carboxylic acid groups (broad SMARTS) is 1. The summed E-state index contributed by atoms with van der Waals surface area (Å²) in [6.07, 6.45) is 0.233. The number of carbonyl (C=O) groups is 2. The normalized spacial score (nSPS) is 11.4. The van der Waals surface area contributed by atoms with E-state index in [-0.39, 0.29) is 35.2 Å². The molecule has 1 heterocycles. The van der Waals surface area contributed by atoms with Gasteiger partial charge in [-0.3, -0.25) is 19.7 Å². The Balaban J connectivity index is 2.15. The van der Waals surface area contributed by atoms with Crippen LogP contribution in [-0.4, -0.2) is 37.2 Å². The van der Waals surface area contributed by atoms with Gasteiger partial charge in [-0.1, -0.05) is 0 Å². The number of carbonyl (C=O) groups excluding carboxylic acids is 1. The van der Waals surface area contributed by atoms with Gasteiger partial charge in [0.2, 0.25) is 0 Å². The van der Waals surface area contributed by atoms with Crippen LogP contribution in [0.15, 0.2) is 12.1 Å². The highest BCUT2D eigenvalue weighted by Gasteiger charge is 2.27. The highest BCUT2D eigenvalue weighted by atomic mass is 32.1. The average Bonchev–Trinajstić information content (AvgIpc) is 2.93. The highest BCUT2D eigenvalue weighted by Crippen LogP contribution is 2.26. The molecular weight excluding hydrogens is 324 g/mol. The molecule has 0 bridgehead atoms. The number of fused-ring (bicyclic) bond motifs is 1. The van der Waals surface area contributed by atoms with E-state index in [1.165, 1.54) is 6.07 Å². The van der Waals surface area contributed by atoms with Gasteiger partial charge in [0.05, 0.1) is 22.1 Å². The predicted molar refractivity (Wildman–Crippen MR) is 82.4 cm³/mol. The monoisotopic (exact) mass is 338 g/mol. The van der Waals surface area contributed by atoms with E-state index < -0.39 is 22.2 Å². The lowest BCUT2D eigenvalue weighted by molar-refractivity contribution is -0.383. The van der Waals surface area contributed by atoms with Crippen molar-refractivity contribution in [3.63, 3.8) is 0 Å². The molecule has 2 aromatic rings. The summed E-state index contributed by atoms with van der Waals surface area (Å²) in [4.78, 5) is 33.6. The van der Waals surface area contributed by atoms with E-state index in [2.05, 4.69) is 14.1 Å². The summed E-state index contributed by atoms with van der Waals surface area (Å²) in [6.45, 7) is 3.25. The summed E-state index contributed by atoms with van der Waals surface area (Å²) in [5.41, 5.74) is -0.747. The number of nitro benzene ring substituents is 1. The molecule has 9 nitrogen and oxygen atoms in total. The maximum Gasteiger partial charge on any atom is 0.309 e. The minimum Gasteiger partial charge on any atom is -0.481 e. The van der Waals surface area contributed by atoms with Crippen molar-refractivity contribution in [2.75, 3.05) is 6.54 Å². The molecule has 1 aromatic carbocycles. The van der Waals surface area contributed by atoms with E-state index >= 15 is 0 Å². The first-order chi connectivity index (χ1) is 10.7. The summed E-state index contributed by atoms with van der Waals surface area (Å²) >= 11 is 0.828. The number of aliphatic carboxylic acids is 1. The molecule has 23 heavy (non-hydrogen) atoms. The van der Waals surface area contributed by atoms with E-state index in [1.54, 1.807) is 13.8 Å². The Morgan fingerprint density at radius 1 is 1.39 bits per heavy atom. The Kier molecular flexibility index (Phi) is 4.55. The van der Waals surface area contributed by atoms with Crippen LogP contribution in [0.2, 0.25) is 0 Å². The zero-order valence-electron chi connectivity index (χ0n) is 12.4. The molecule has 0 spiro atoms. The minimum atomic E-state index is -0.970. The number of aromatic nitrogens is 2. The molecule has 2 N–H and O–H groups in total. The van der Waals surface area contributed by atoms with Gasteiger partial charge in [0.15, 0.2) is 5.52 Å². The van der Waals surface area contributed by atoms with Crippen LogP contribution in [0.3, 0.4) is 0 Å². The van der Waals surface area contributed by atoms with Crippen molar-refractivity contribution in [1.29, 1.82) is 0 Å². The van der Waals surface area contributed by atoms with Crippen molar-refractivity contribution in [2.24, 2.45) is 5.41 Å². The number of nitro groups is 1. The Hall–Kier alpha value is -2.62. The lowest BCUT2D eigenvalue weighted by Gasteiger charge is -2.18. The minimum absolute atomic E-state index is 0.0880. The molecule has 0 aliphatic carbocycles. The van der Waals surface area contributed by atoms with Crippen LogP contribution in [0.25, 0.3) is 11.0 Å². The third-order valence-corrected chi connectivity index (χ3v) is 3.96. The van der Waals surface area contributed by atoms with Crippen molar-refractivity contribution in [3.8, 4) is 0 Å². The fourth-order valence-corrected chi connectivity index (χ4v) is 2.38. The van der Waals surface area contributed by atoms with Gasteiger partial charge < -0.3 is 10.4 Å². The van der Waals surface area contributed by atoms with Crippen LogP contribution in [0.5, 0.6) is 0 Å². The first kappa shape index (κ1) is 16.7. The lowest BCUT2D eigenvalue weighted by atomic mass is 9.90. The smallest absolute Gasteiger partial charge is 0.309 e. The maximum atomic E-state index is 12.1. The van der Waals surface area contributed by atoms with E-state index in [9.17, 15) is 19.7 Å². The van der Waals surface area contributed by atoms with Crippen LogP contribution < -0.4 is 5.32 Å². The number of carboxylic acids is 1. The van der Waals surface area contributed by atoms with Gasteiger partial charge in [-0.2, -0.15) is 8.75 Å². The quantitative estimate of drug-likeness (QED) is 0.605. The van der Waals surface area contributed by atoms with Crippen LogP contribution >= 0.6 is 11.7 Å². The summed E-state index contributed by atoms with van der Waals surface area (Å²) in [7, 11) is 0. The lowest BCUT2D eigenvalue weighted by Crippen LogP contribution is -2.32. The summed E-state index contributed by atoms with van der Waals surface area (Å²) in [5, 5.41) is 22.6. The molecule has 1 amide bonds. The molecule has 122 valence electrons. The molecular formula is C13H14N4O5S. The SMILES string of the molecule is CC(C)(CCNC(=O)c1cc([N+](=O)[O-])c2nsnc2c1)C(=O)O. The molecule has 0 saturated heterocycles. The van der Waals surface area contributed by atoms with Gasteiger partial charge in [0.1, 0.15) is 5.52 Å². The van der Waals surface area contributed by atoms with Crippen LogP contribution in [-0.2, 0) is 4.79 Å². The number of amides is 1. The van der Waals surface area contributed by atoms with Gasteiger partial charge in [-0.25, -0.2) is 0 Å². The Morgan fingerprint density at radius 3 is 2.70 bits per heavy atom. The van der Waals surface area contributed by atoms with Crippen LogP contribution in [0, 0.1) is 15.5 Å². The van der Waals surface area contributed by atoms with Crippen molar-refractivity contribution in [3.05, 3.63) is 27.8 Å². The molecule has 0 aliphatic rings. The zero-order chi connectivity index (χ0) is 17.2. The molecule has 0 unspecified atom stereocenters. The fraction of sp³-hybridized carbons (Fsp3) is 0.385. The molecule has 0 atom stereocenters. The van der Waals surface area contributed by atoms with Gasteiger partial charge in [0, 0.05) is 18.2 Å².